The highest BCUT2D eigenvalue weighted by molar-refractivity contribution is 7.17. The van der Waals surface area contributed by atoms with Crippen LogP contribution in [0.2, 0.25) is 0 Å². The van der Waals surface area contributed by atoms with Crippen LogP contribution in [-0.2, 0) is 12.8 Å². The molecular weight excluding hydrogens is 356 g/mol. The molecule has 2 amide bonds. The van der Waals surface area contributed by atoms with E-state index < -0.39 is 5.91 Å². The van der Waals surface area contributed by atoms with Crippen molar-refractivity contribution in [3.63, 3.8) is 0 Å². The molecule has 3 N–H and O–H groups in total. The summed E-state index contributed by atoms with van der Waals surface area (Å²) in [5.41, 5.74) is 7.80. The van der Waals surface area contributed by atoms with Gasteiger partial charge in [-0.3, -0.25) is 9.59 Å². The summed E-state index contributed by atoms with van der Waals surface area (Å²) in [6.45, 7) is 2.20. The fourth-order valence-electron chi connectivity index (χ4n) is 3.95. The van der Waals surface area contributed by atoms with Crippen molar-refractivity contribution in [3.05, 3.63) is 64.0 Å². The van der Waals surface area contributed by atoms with Crippen LogP contribution < -0.4 is 11.1 Å². The van der Waals surface area contributed by atoms with Gasteiger partial charge in [0.25, 0.3) is 11.8 Å². The Morgan fingerprint density at radius 1 is 1.19 bits per heavy atom. The lowest BCUT2D eigenvalue weighted by Gasteiger charge is -2.20. The lowest BCUT2D eigenvalue weighted by Crippen LogP contribution is -2.19. The van der Waals surface area contributed by atoms with Crippen LogP contribution in [0.15, 0.2) is 42.5 Å². The molecule has 1 unspecified atom stereocenters. The van der Waals surface area contributed by atoms with Crippen molar-refractivity contribution in [1.29, 1.82) is 0 Å². The highest BCUT2D eigenvalue weighted by Gasteiger charge is 2.28. The monoisotopic (exact) mass is 378 g/mol. The van der Waals surface area contributed by atoms with E-state index in [4.69, 9.17) is 5.73 Å². The Balaban J connectivity index is 1.71. The molecule has 2 aromatic carbocycles. The van der Waals surface area contributed by atoms with Crippen LogP contribution in [-0.4, -0.2) is 11.8 Å². The number of fused-ring (bicyclic) bond motifs is 2. The lowest BCUT2D eigenvalue weighted by atomic mass is 9.85. The van der Waals surface area contributed by atoms with E-state index in [2.05, 4.69) is 12.2 Å². The van der Waals surface area contributed by atoms with Gasteiger partial charge in [0.1, 0.15) is 5.00 Å². The molecule has 0 bridgehead atoms. The first-order chi connectivity index (χ1) is 13.1. The summed E-state index contributed by atoms with van der Waals surface area (Å²) in [5, 5.41) is 5.46. The van der Waals surface area contributed by atoms with E-state index in [1.807, 2.05) is 42.5 Å². The predicted molar refractivity (Wildman–Crippen MR) is 111 cm³/mol. The van der Waals surface area contributed by atoms with Gasteiger partial charge in [-0.25, -0.2) is 0 Å². The molecule has 27 heavy (non-hydrogen) atoms. The number of anilines is 1. The van der Waals surface area contributed by atoms with Gasteiger partial charge >= 0.3 is 0 Å². The number of amides is 2. The van der Waals surface area contributed by atoms with Gasteiger partial charge in [-0.1, -0.05) is 49.7 Å². The SMILES string of the molecule is CCC1CCc2c(sc(NC(=O)c3cccc4ccccc34)c2C(N)=O)C1. The van der Waals surface area contributed by atoms with E-state index in [1.54, 1.807) is 0 Å². The third-order valence-electron chi connectivity index (χ3n) is 5.45. The van der Waals surface area contributed by atoms with Crippen molar-refractivity contribution in [2.75, 3.05) is 5.32 Å². The minimum Gasteiger partial charge on any atom is -0.365 e. The van der Waals surface area contributed by atoms with E-state index in [1.165, 1.54) is 16.2 Å². The molecule has 1 atom stereocenters. The Bertz CT molecular complexity index is 1030. The lowest BCUT2D eigenvalue weighted by molar-refractivity contribution is 0.1000. The topological polar surface area (TPSA) is 72.2 Å². The minimum atomic E-state index is -0.462. The average Bonchev–Trinajstić information content (AvgIpc) is 3.04. The van der Waals surface area contributed by atoms with Crippen molar-refractivity contribution in [3.8, 4) is 0 Å². The summed E-state index contributed by atoms with van der Waals surface area (Å²) in [4.78, 5) is 26.3. The van der Waals surface area contributed by atoms with Gasteiger partial charge in [0.05, 0.1) is 5.56 Å². The van der Waals surface area contributed by atoms with Gasteiger partial charge in [0.2, 0.25) is 0 Å². The van der Waals surface area contributed by atoms with E-state index in [0.717, 1.165) is 42.0 Å². The summed E-state index contributed by atoms with van der Waals surface area (Å²) < 4.78 is 0. The standard InChI is InChI=1S/C22H22N2O2S/c1-2-13-10-11-17-18(12-13)27-22(19(17)20(23)25)24-21(26)16-9-5-7-14-6-3-4-8-15(14)16/h3-9,13H,2,10-12H2,1H3,(H2,23,25)(H,24,26). The smallest absolute Gasteiger partial charge is 0.256 e. The van der Waals surface area contributed by atoms with Gasteiger partial charge < -0.3 is 11.1 Å². The largest absolute Gasteiger partial charge is 0.365 e. The first kappa shape index (κ1) is 17.7. The maximum Gasteiger partial charge on any atom is 0.256 e. The second-order valence-electron chi connectivity index (χ2n) is 7.07. The van der Waals surface area contributed by atoms with E-state index in [-0.39, 0.29) is 5.91 Å². The third-order valence-corrected chi connectivity index (χ3v) is 6.62. The molecule has 4 nitrogen and oxygen atoms in total. The van der Waals surface area contributed by atoms with Crippen molar-refractivity contribution in [2.24, 2.45) is 11.7 Å². The highest BCUT2D eigenvalue weighted by Crippen LogP contribution is 2.40. The molecule has 1 aromatic heterocycles. The fourth-order valence-corrected chi connectivity index (χ4v) is 5.31. The van der Waals surface area contributed by atoms with Crippen LogP contribution in [0.5, 0.6) is 0 Å². The van der Waals surface area contributed by atoms with Gasteiger partial charge in [0.15, 0.2) is 0 Å². The average molecular weight is 378 g/mol. The second-order valence-corrected chi connectivity index (χ2v) is 8.18. The summed E-state index contributed by atoms with van der Waals surface area (Å²) in [6.07, 6.45) is 4.01. The van der Waals surface area contributed by atoms with E-state index in [9.17, 15) is 9.59 Å². The van der Waals surface area contributed by atoms with Gasteiger partial charge in [0, 0.05) is 10.4 Å². The van der Waals surface area contributed by atoms with E-state index >= 15 is 0 Å². The molecule has 3 aromatic rings. The number of benzene rings is 2. The zero-order valence-corrected chi connectivity index (χ0v) is 16.1. The maximum absolute atomic E-state index is 13.0. The van der Waals surface area contributed by atoms with Gasteiger partial charge in [-0.2, -0.15) is 0 Å². The quantitative estimate of drug-likeness (QED) is 0.686. The van der Waals surface area contributed by atoms with Crippen LogP contribution in [0.4, 0.5) is 5.00 Å². The van der Waals surface area contributed by atoms with Gasteiger partial charge in [-0.05, 0) is 47.6 Å². The molecule has 0 aliphatic heterocycles. The molecule has 138 valence electrons. The number of hydrogen-bond acceptors (Lipinski definition) is 3. The molecule has 0 saturated carbocycles. The number of thiophene rings is 1. The summed E-state index contributed by atoms with van der Waals surface area (Å²) in [5.74, 6) is -0.0332. The Labute approximate surface area is 162 Å². The molecule has 1 heterocycles. The first-order valence-electron chi connectivity index (χ1n) is 9.32. The number of rotatable bonds is 4. The summed E-state index contributed by atoms with van der Waals surface area (Å²) in [7, 11) is 0. The summed E-state index contributed by atoms with van der Waals surface area (Å²) >= 11 is 1.51. The Morgan fingerprint density at radius 2 is 1.96 bits per heavy atom. The van der Waals surface area contributed by atoms with Crippen LogP contribution in [0.25, 0.3) is 10.8 Å². The number of nitrogens with two attached hydrogens (primary N) is 1. The van der Waals surface area contributed by atoms with Gasteiger partial charge in [-0.15, -0.1) is 11.3 Å². The number of primary amides is 1. The Kier molecular flexibility index (Phi) is 4.70. The third kappa shape index (κ3) is 3.23. The van der Waals surface area contributed by atoms with Crippen molar-refractivity contribution in [1.82, 2.24) is 0 Å². The molecule has 0 spiro atoms. The number of nitrogens with one attached hydrogen (secondary N) is 1. The Hall–Kier alpha value is -2.66. The Morgan fingerprint density at radius 3 is 2.74 bits per heavy atom. The number of carbonyl (C=O) groups excluding carboxylic acids is 2. The first-order valence-corrected chi connectivity index (χ1v) is 10.1. The summed E-state index contributed by atoms with van der Waals surface area (Å²) in [6, 6.07) is 13.4. The number of carbonyl (C=O) groups is 2. The van der Waals surface area contributed by atoms with Crippen molar-refractivity contribution in [2.45, 2.75) is 32.6 Å². The zero-order chi connectivity index (χ0) is 19.0. The van der Waals surface area contributed by atoms with Crippen molar-refractivity contribution < 1.29 is 9.59 Å². The molecular formula is C22H22N2O2S. The second kappa shape index (κ2) is 7.16. The van der Waals surface area contributed by atoms with Crippen LogP contribution >= 0.6 is 11.3 Å². The predicted octanol–water partition coefficient (Wildman–Crippen LogP) is 4.77. The van der Waals surface area contributed by atoms with Crippen LogP contribution in [0, 0.1) is 5.92 Å². The molecule has 0 fully saturated rings. The zero-order valence-electron chi connectivity index (χ0n) is 15.2. The van der Waals surface area contributed by atoms with Crippen LogP contribution in [0.1, 0.15) is 50.9 Å². The molecule has 5 heteroatoms. The van der Waals surface area contributed by atoms with Crippen LogP contribution in [0.3, 0.4) is 0 Å². The van der Waals surface area contributed by atoms with E-state index in [0.29, 0.717) is 22.0 Å². The van der Waals surface area contributed by atoms with Crippen molar-refractivity contribution >= 4 is 38.9 Å². The molecule has 4 rings (SSSR count). The molecule has 0 radical (unpaired) electrons. The fraction of sp³-hybridized carbons (Fsp3) is 0.273. The molecule has 1 aliphatic carbocycles. The normalized spacial score (nSPS) is 16.1. The highest BCUT2D eigenvalue weighted by atomic mass is 32.1. The minimum absolute atomic E-state index is 0.208. The number of hydrogen-bond donors (Lipinski definition) is 2. The molecule has 0 saturated heterocycles. The molecule has 1 aliphatic rings. The maximum atomic E-state index is 13.0.